The Kier molecular flexibility index (Phi) is 6.07. The summed E-state index contributed by atoms with van der Waals surface area (Å²) >= 11 is 0. The maximum Gasteiger partial charge on any atom is 0.291 e. The van der Waals surface area contributed by atoms with Crippen molar-refractivity contribution in [2.45, 2.75) is 38.1 Å². The van der Waals surface area contributed by atoms with E-state index in [1.165, 1.54) is 25.5 Å². The molecule has 2 amide bonds. The summed E-state index contributed by atoms with van der Waals surface area (Å²) in [4.78, 5) is 26.5. The highest BCUT2D eigenvalue weighted by Crippen LogP contribution is 2.21. The van der Waals surface area contributed by atoms with E-state index >= 15 is 0 Å². The fourth-order valence-corrected chi connectivity index (χ4v) is 3.35. The van der Waals surface area contributed by atoms with Crippen LogP contribution >= 0.6 is 0 Å². The number of benzene rings is 1. The van der Waals surface area contributed by atoms with E-state index in [1.807, 2.05) is 7.05 Å². The number of nitrogens with one attached hydrogen (secondary N) is 2. The predicted molar refractivity (Wildman–Crippen MR) is 101 cm³/mol. The van der Waals surface area contributed by atoms with Crippen molar-refractivity contribution >= 4 is 23.2 Å². The van der Waals surface area contributed by atoms with E-state index in [0.29, 0.717) is 24.0 Å². The van der Waals surface area contributed by atoms with Gasteiger partial charge in [0.15, 0.2) is 5.76 Å². The molecule has 1 aromatic heterocycles. The second kappa shape index (κ2) is 8.67. The van der Waals surface area contributed by atoms with Gasteiger partial charge in [-0.15, -0.1) is 0 Å². The first-order valence-corrected chi connectivity index (χ1v) is 9.07. The van der Waals surface area contributed by atoms with Crippen LogP contribution in [0.1, 0.15) is 42.7 Å². The highest BCUT2D eigenvalue weighted by molar-refractivity contribution is 6.02. The Morgan fingerprint density at radius 2 is 1.81 bits per heavy atom. The van der Waals surface area contributed by atoms with Crippen molar-refractivity contribution in [3.05, 3.63) is 48.4 Å². The van der Waals surface area contributed by atoms with Gasteiger partial charge in [0.25, 0.3) is 5.91 Å². The molecule has 1 aromatic carbocycles. The number of furan rings is 1. The molecule has 6 heteroatoms. The quantitative estimate of drug-likeness (QED) is 0.828. The molecule has 2 aromatic rings. The smallest absolute Gasteiger partial charge is 0.291 e. The van der Waals surface area contributed by atoms with Crippen LogP contribution in [0.2, 0.25) is 0 Å². The van der Waals surface area contributed by atoms with E-state index in [2.05, 4.69) is 15.5 Å². The van der Waals surface area contributed by atoms with Gasteiger partial charge in [0.05, 0.1) is 12.8 Å². The molecule has 1 fully saturated rings. The third-order valence-corrected chi connectivity index (χ3v) is 4.74. The van der Waals surface area contributed by atoms with Gasteiger partial charge < -0.3 is 15.1 Å². The fourth-order valence-electron chi connectivity index (χ4n) is 3.35. The number of amides is 2. The maximum atomic E-state index is 12.3. The summed E-state index contributed by atoms with van der Waals surface area (Å²) in [5.74, 6) is -0.128. The Morgan fingerprint density at radius 3 is 2.50 bits per heavy atom. The van der Waals surface area contributed by atoms with Gasteiger partial charge in [-0.25, -0.2) is 0 Å². The maximum absolute atomic E-state index is 12.3. The van der Waals surface area contributed by atoms with Crippen LogP contribution in [0.5, 0.6) is 0 Å². The number of likely N-dealkylation sites (N-methyl/N-ethyl adjacent to an activating group) is 1. The zero-order chi connectivity index (χ0) is 18.4. The molecule has 1 aliphatic carbocycles. The fraction of sp³-hybridized carbons (Fsp3) is 0.400. The molecule has 1 saturated carbocycles. The van der Waals surface area contributed by atoms with Gasteiger partial charge in [0.2, 0.25) is 5.91 Å². The van der Waals surface area contributed by atoms with Gasteiger partial charge in [0.1, 0.15) is 0 Å². The number of rotatable bonds is 6. The lowest BCUT2D eigenvalue weighted by Crippen LogP contribution is -2.39. The van der Waals surface area contributed by atoms with Crippen molar-refractivity contribution in [2.24, 2.45) is 0 Å². The van der Waals surface area contributed by atoms with Gasteiger partial charge in [-0.05, 0) is 50.2 Å². The van der Waals surface area contributed by atoms with Gasteiger partial charge in [0, 0.05) is 17.4 Å². The average Bonchev–Trinajstić information content (AvgIpc) is 3.17. The minimum Gasteiger partial charge on any atom is -0.459 e. The number of hydrogen-bond acceptors (Lipinski definition) is 4. The molecule has 0 saturated heterocycles. The molecule has 0 unspecified atom stereocenters. The molecule has 2 N–H and O–H groups in total. The summed E-state index contributed by atoms with van der Waals surface area (Å²) in [5, 5.41) is 5.66. The topological polar surface area (TPSA) is 74.6 Å². The second-order valence-electron chi connectivity index (χ2n) is 6.77. The zero-order valence-corrected chi connectivity index (χ0v) is 15.0. The Morgan fingerprint density at radius 1 is 1.08 bits per heavy atom. The Hall–Kier alpha value is -2.60. The van der Waals surface area contributed by atoms with Crippen LogP contribution in [0.15, 0.2) is 47.1 Å². The standard InChI is InChI=1S/C20H25N3O3/c1-23(17-9-3-2-4-10-17)14-19(24)21-15-7-5-8-16(13-15)22-20(25)18-11-6-12-26-18/h5-8,11-13,17H,2-4,9-10,14H2,1H3,(H,21,24)(H,22,25). The first kappa shape index (κ1) is 18.2. The van der Waals surface area contributed by atoms with E-state index in [-0.39, 0.29) is 17.6 Å². The van der Waals surface area contributed by atoms with Crippen LogP contribution in [0.4, 0.5) is 11.4 Å². The normalized spacial score (nSPS) is 15.0. The lowest BCUT2D eigenvalue weighted by Gasteiger charge is -2.30. The van der Waals surface area contributed by atoms with Gasteiger partial charge in [-0.2, -0.15) is 0 Å². The molecule has 0 atom stereocenters. The van der Waals surface area contributed by atoms with Gasteiger partial charge in [-0.3, -0.25) is 14.5 Å². The van der Waals surface area contributed by atoms with E-state index in [1.54, 1.807) is 36.4 Å². The van der Waals surface area contributed by atoms with Crippen LogP contribution in [0.3, 0.4) is 0 Å². The molecule has 6 nitrogen and oxygen atoms in total. The third-order valence-electron chi connectivity index (χ3n) is 4.74. The SMILES string of the molecule is CN(CC(=O)Nc1cccc(NC(=O)c2ccco2)c1)C1CCCCC1. The van der Waals surface area contributed by atoms with Gasteiger partial charge >= 0.3 is 0 Å². The molecule has 0 spiro atoms. The zero-order valence-electron chi connectivity index (χ0n) is 15.0. The second-order valence-corrected chi connectivity index (χ2v) is 6.77. The number of nitrogens with zero attached hydrogens (tertiary/aromatic N) is 1. The molecule has 138 valence electrons. The molecule has 26 heavy (non-hydrogen) atoms. The van der Waals surface area contributed by atoms with Crippen molar-refractivity contribution in [1.82, 2.24) is 4.90 Å². The van der Waals surface area contributed by atoms with Crippen LogP contribution in [-0.2, 0) is 4.79 Å². The number of carbonyl (C=O) groups is 2. The van der Waals surface area contributed by atoms with Crippen molar-refractivity contribution in [3.63, 3.8) is 0 Å². The molecule has 0 aliphatic heterocycles. The Bertz CT molecular complexity index is 737. The number of carbonyl (C=O) groups excluding carboxylic acids is 2. The van der Waals surface area contributed by atoms with Crippen LogP contribution < -0.4 is 10.6 Å². The first-order valence-electron chi connectivity index (χ1n) is 9.07. The molecule has 0 radical (unpaired) electrons. The minimum atomic E-state index is -0.324. The van der Waals surface area contributed by atoms with E-state index in [0.717, 1.165) is 12.8 Å². The monoisotopic (exact) mass is 355 g/mol. The largest absolute Gasteiger partial charge is 0.459 e. The number of hydrogen-bond donors (Lipinski definition) is 2. The number of anilines is 2. The van der Waals surface area contributed by atoms with Gasteiger partial charge in [-0.1, -0.05) is 25.3 Å². The lowest BCUT2D eigenvalue weighted by molar-refractivity contribution is -0.117. The molecule has 1 heterocycles. The third kappa shape index (κ3) is 4.95. The summed E-state index contributed by atoms with van der Waals surface area (Å²) in [5.41, 5.74) is 1.26. The van der Waals surface area contributed by atoms with Crippen LogP contribution in [0.25, 0.3) is 0 Å². The molecular formula is C20H25N3O3. The van der Waals surface area contributed by atoms with Crippen LogP contribution in [-0.4, -0.2) is 36.3 Å². The van der Waals surface area contributed by atoms with Crippen molar-refractivity contribution in [3.8, 4) is 0 Å². The van der Waals surface area contributed by atoms with E-state index < -0.39 is 0 Å². The Balaban J connectivity index is 1.54. The van der Waals surface area contributed by atoms with Crippen molar-refractivity contribution in [2.75, 3.05) is 24.2 Å². The van der Waals surface area contributed by atoms with Crippen molar-refractivity contribution < 1.29 is 14.0 Å². The first-order chi connectivity index (χ1) is 12.6. The summed E-state index contributed by atoms with van der Waals surface area (Å²) in [6.07, 6.45) is 7.57. The average molecular weight is 355 g/mol. The summed E-state index contributed by atoms with van der Waals surface area (Å²) < 4.78 is 5.08. The van der Waals surface area contributed by atoms with Crippen molar-refractivity contribution in [1.29, 1.82) is 0 Å². The predicted octanol–water partition coefficient (Wildman–Crippen LogP) is 3.73. The highest BCUT2D eigenvalue weighted by atomic mass is 16.3. The van der Waals surface area contributed by atoms with E-state index in [4.69, 9.17) is 4.42 Å². The molecule has 3 rings (SSSR count). The molecule has 1 aliphatic rings. The summed E-state index contributed by atoms with van der Waals surface area (Å²) in [6, 6.07) is 10.9. The lowest BCUT2D eigenvalue weighted by atomic mass is 9.94. The molecular weight excluding hydrogens is 330 g/mol. The summed E-state index contributed by atoms with van der Waals surface area (Å²) in [7, 11) is 2.01. The minimum absolute atomic E-state index is 0.0485. The molecule has 0 bridgehead atoms. The Labute approximate surface area is 153 Å². The highest BCUT2D eigenvalue weighted by Gasteiger charge is 2.19. The van der Waals surface area contributed by atoms with E-state index in [9.17, 15) is 9.59 Å². The summed E-state index contributed by atoms with van der Waals surface area (Å²) in [6.45, 7) is 0.369. The van der Waals surface area contributed by atoms with Crippen LogP contribution in [0, 0.1) is 0 Å².